The Hall–Kier alpha value is -1.80. The van der Waals surface area contributed by atoms with Gasteiger partial charge in [0.15, 0.2) is 17.1 Å². The molecule has 0 bridgehead atoms. The molecule has 3 heterocycles. The van der Waals surface area contributed by atoms with Crippen molar-refractivity contribution in [1.29, 1.82) is 0 Å². The highest BCUT2D eigenvalue weighted by Crippen LogP contribution is 2.38. The quantitative estimate of drug-likeness (QED) is 0.622. The number of rotatable bonds is 7. The fourth-order valence-electron chi connectivity index (χ4n) is 2.50. The molecule has 0 aliphatic rings. The number of halogens is 3. The lowest BCUT2D eigenvalue weighted by Crippen LogP contribution is -2.06. The zero-order valence-corrected chi connectivity index (χ0v) is 15.2. The van der Waals surface area contributed by atoms with Gasteiger partial charge >= 0.3 is 0 Å². The molecule has 3 aromatic heterocycles. The summed E-state index contributed by atoms with van der Waals surface area (Å²) < 4.78 is 25.7. The molecule has 0 aliphatic heterocycles. The van der Waals surface area contributed by atoms with Crippen LogP contribution in [0.2, 0.25) is 5.28 Å². The number of alkyl halides is 1. The average Bonchev–Trinajstić information content (AvgIpc) is 3.18. The summed E-state index contributed by atoms with van der Waals surface area (Å²) in [5.41, 5.74) is 1.46. The fraction of sp³-hybridized carbons (Fsp3) is 0.333. The van der Waals surface area contributed by atoms with Gasteiger partial charge in [-0.15, -0.1) is 5.10 Å². The minimum atomic E-state index is -0.405. The van der Waals surface area contributed by atoms with Gasteiger partial charge in [-0.25, -0.2) is 4.52 Å². The monoisotopic (exact) mass is 416 g/mol. The summed E-state index contributed by atoms with van der Waals surface area (Å²) in [5, 5.41) is 7.47. The lowest BCUT2D eigenvalue weighted by molar-refractivity contribution is 0.411. The van der Waals surface area contributed by atoms with Gasteiger partial charge in [0, 0.05) is 5.56 Å². The van der Waals surface area contributed by atoms with Crippen molar-refractivity contribution in [2.75, 3.05) is 19.1 Å². The summed E-state index contributed by atoms with van der Waals surface area (Å²) in [6, 6.07) is 3.66. The van der Waals surface area contributed by atoms with Crippen LogP contribution in [0.15, 0.2) is 27.4 Å². The molecule has 0 fully saturated rings. The first-order chi connectivity index (χ1) is 11.7. The number of fused-ring (bicyclic) bond motifs is 1. The van der Waals surface area contributed by atoms with Crippen LogP contribution in [0, 0.1) is 0 Å². The minimum absolute atomic E-state index is 0.0832. The van der Waals surface area contributed by atoms with E-state index in [9.17, 15) is 4.39 Å². The van der Waals surface area contributed by atoms with Crippen LogP contribution in [0.1, 0.15) is 17.7 Å². The molecule has 0 atom stereocenters. The smallest absolute Gasteiger partial charge is 0.243 e. The average molecular weight is 418 g/mol. The van der Waals surface area contributed by atoms with E-state index in [0.717, 1.165) is 11.3 Å². The van der Waals surface area contributed by atoms with Gasteiger partial charge in [-0.2, -0.15) is 4.98 Å². The second-order valence-corrected chi connectivity index (χ2v) is 6.11. The summed E-state index contributed by atoms with van der Waals surface area (Å²) in [4.78, 5) is 4.25. The number of nitrogens with one attached hydrogen (secondary N) is 1. The van der Waals surface area contributed by atoms with E-state index in [2.05, 4.69) is 31.3 Å². The molecule has 0 radical (unpaired) electrons. The molecule has 0 amide bonds. The predicted octanol–water partition coefficient (Wildman–Crippen LogP) is 4.26. The Bertz CT molecular complexity index is 838. The number of furan rings is 1. The van der Waals surface area contributed by atoms with Crippen LogP contribution >= 0.6 is 27.5 Å². The Labute approximate surface area is 151 Å². The molecule has 0 aliphatic carbocycles. The minimum Gasteiger partial charge on any atom is -0.494 e. The number of aromatic nitrogens is 3. The maximum Gasteiger partial charge on any atom is 0.243 e. The molecule has 0 saturated carbocycles. The van der Waals surface area contributed by atoms with Crippen LogP contribution in [-0.4, -0.2) is 28.4 Å². The van der Waals surface area contributed by atoms with Gasteiger partial charge in [-0.1, -0.05) is 0 Å². The second-order valence-electron chi connectivity index (χ2n) is 5.02. The maximum absolute atomic E-state index is 12.6. The highest BCUT2D eigenvalue weighted by atomic mass is 79.9. The number of anilines is 1. The summed E-state index contributed by atoms with van der Waals surface area (Å²) in [5.74, 6) is 1.86. The van der Waals surface area contributed by atoms with E-state index < -0.39 is 6.67 Å². The molecule has 0 spiro atoms. The third-order valence-corrected chi connectivity index (χ3v) is 4.50. The van der Waals surface area contributed by atoms with Crippen molar-refractivity contribution in [3.8, 4) is 5.75 Å². The number of nitrogens with zero attached hydrogens (tertiary/aromatic N) is 3. The normalized spacial score (nSPS) is 11.2. The number of methoxy groups -OCH3 is 1. The van der Waals surface area contributed by atoms with Gasteiger partial charge in [-0.05, 0) is 52.5 Å². The highest BCUT2D eigenvalue weighted by Gasteiger charge is 2.22. The molecule has 9 heteroatoms. The van der Waals surface area contributed by atoms with Gasteiger partial charge in [0.2, 0.25) is 5.28 Å². The van der Waals surface area contributed by atoms with Crippen LogP contribution in [0.3, 0.4) is 0 Å². The van der Waals surface area contributed by atoms with Crippen molar-refractivity contribution >= 4 is 38.9 Å². The molecule has 0 saturated heterocycles. The molecule has 3 rings (SSSR count). The first-order valence-electron chi connectivity index (χ1n) is 7.28. The van der Waals surface area contributed by atoms with E-state index in [1.807, 2.05) is 12.1 Å². The molecule has 3 aromatic rings. The summed E-state index contributed by atoms with van der Waals surface area (Å²) in [6.45, 7) is 0.0274. The number of hydrogen-bond acceptors (Lipinski definition) is 5. The lowest BCUT2D eigenvalue weighted by atomic mass is 10.2. The van der Waals surface area contributed by atoms with Gasteiger partial charge in [-0.3, -0.25) is 4.39 Å². The number of hydrogen-bond donors (Lipinski definition) is 1. The molecule has 128 valence electrons. The van der Waals surface area contributed by atoms with Gasteiger partial charge in [0.1, 0.15) is 10.4 Å². The van der Waals surface area contributed by atoms with Crippen molar-refractivity contribution in [3.63, 3.8) is 0 Å². The predicted molar refractivity (Wildman–Crippen MR) is 92.6 cm³/mol. The third-order valence-electron chi connectivity index (χ3n) is 3.52. The summed E-state index contributed by atoms with van der Waals surface area (Å²) in [6.07, 6.45) is 2.50. The SMILES string of the molecule is COc1c(CCCF)c(Br)n2nc(Cl)nc(NCc3ccco3)c12. The Morgan fingerprint density at radius 2 is 2.33 bits per heavy atom. The van der Waals surface area contributed by atoms with Gasteiger partial charge in [0.25, 0.3) is 0 Å². The standard InChI is InChI=1S/C15H15BrClFN4O2/c1-23-12-10(5-2-6-18)13(16)22-11(12)14(20-15(17)21-22)19-8-9-4-3-7-24-9/h3-4,7H,2,5-6,8H2,1H3,(H,19,20,21). The zero-order valence-electron chi connectivity index (χ0n) is 12.9. The Kier molecular flexibility index (Phi) is 5.25. The Morgan fingerprint density at radius 1 is 1.50 bits per heavy atom. The Morgan fingerprint density at radius 3 is 3.00 bits per heavy atom. The molecule has 0 unspecified atom stereocenters. The van der Waals surface area contributed by atoms with E-state index in [4.69, 9.17) is 20.8 Å². The molecular formula is C15H15BrClFN4O2. The molecule has 24 heavy (non-hydrogen) atoms. The first kappa shape index (κ1) is 17.0. The molecule has 6 nitrogen and oxygen atoms in total. The molecular weight excluding hydrogens is 403 g/mol. The second kappa shape index (κ2) is 7.40. The zero-order chi connectivity index (χ0) is 17.1. The topological polar surface area (TPSA) is 64.6 Å². The van der Waals surface area contributed by atoms with E-state index >= 15 is 0 Å². The van der Waals surface area contributed by atoms with Crippen molar-refractivity contribution < 1.29 is 13.5 Å². The third kappa shape index (κ3) is 3.21. The van der Waals surface area contributed by atoms with Crippen molar-refractivity contribution in [1.82, 2.24) is 14.6 Å². The molecule has 0 aromatic carbocycles. The fourth-order valence-corrected chi connectivity index (χ4v) is 3.29. The maximum atomic E-state index is 12.6. The first-order valence-corrected chi connectivity index (χ1v) is 8.45. The van der Waals surface area contributed by atoms with E-state index in [-0.39, 0.29) is 5.28 Å². The summed E-state index contributed by atoms with van der Waals surface area (Å²) in [7, 11) is 1.56. The van der Waals surface area contributed by atoms with Crippen LogP contribution in [-0.2, 0) is 13.0 Å². The van der Waals surface area contributed by atoms with Crippen LogP contribution in [0.5, 0.6) is 5.75 Å². The van der Waals surface area contributed by atoms with Crippen LogP contribution in [0.25, 0.3) is 5.52 Å². The van der Waals surface area contributed by atoms with Crippen molar-refractivity contribution in [3.05, 3.63) is 39.6 Å². The number of ether oxygens (including phenoxy) is 1. The van der Waals surface area contributed by atoms with Crippen LogP contribution in [0.4, 0.5) is 10.2 Å². The van der Waals surface area contributed by atoms with Gasteiger partial charge < -0.3 is 14.5 Å². The van der Waals surface area contributed by atoms with Gasteiger partial charge in [0.05, 0.1) is 26.6 Å². The van der Waals surface area contributed by atoms with Crippen molar-refractivity contribution in [2.45, 2.75) is 19.4 Å². The largest absolute Gasteiger partial charge is 0.494 e. The van der Waals surface area contributed by atoms with E-state index in [1.54, 1.807) is 17.9 Å². The van der Waals surface area contributed by atoms with Crippen LogP contribution < -0.4 is 10.1 Å². The van der Waals surface area contributed by atoms with E-state index in [0.29, 0.717) is 41.1 Å². The molecule has 1 N–H and O–H groups in total. The summed E-state index contributed by atoms with van der Waals surface area (Å²) >= 11 is 9.53. The van der Waals surface area contributed by atoms with E-state index in [1.165, 1.54) is 0 Å². The highest BCUT2D eigenvalue weighted by molar-refractivity contribution is 9.10. The van der Waals surface area contributed by atoms with Crippen molar-refractivity contribution in [2.24, 2.45) is 0 Å². The Balaban J connectivity index is 2.07. The lowest BCUT2D eigenvalue weighted by Gasteiger charge is -2.08.